The van der Waals surface area contributed by atoms with Gasteiger partial charge in [-0.25, -0.2) is 0 Å². The van der Waals surface area contributed by atoms with Gasteiger partial charge in [0.1, 0.15) is 4.99 Å². The zero-order valence-electron chi connectivity index (χ0n) is 11.1. The molecule has 0 bridgehead atoms. The lowest BCUT2D eigenvalue weighted by molar-refractivity contribution is 0.284. The first kappa shape index (κ1) is 14.8. The predicted octanol–water partition coefficient (Wildman–Crippen LogP) is 3.29. The molecule has 4 heteroatoms. The van der Waals surface area contributed by atoms with Crippen LogP contribution in [-0.2, 0) is 0 Å². The average molecular weight is 267 g/mol. The number of methoxy groups -OCH3 is 1. The number of hydrogen-bond donors (Lipinski definition) is 1. The number of rotatable bonds is 8. The predicted molar refractivity (Wildman–Crippen MR) is 78.5 cm³/mol. The number of benzene rings is 1. The third kappa shape index (κ3) is 4.18. The second-order valence-electron chi connectivity index (χ2n) is 4.11. The molecule has 0 amide bonds. The Bertz CT molecular complexity index is 393. The molecule has 0 aliphatic rings. The van der Waals surface area contributed by atoms with Crippen molar-refractivity contribution < 1.29 is 9.47 Å². The first-order chi connectivity index (χ1) is 8.70. The van der Waals surface area contributed by atoms with Gasteiger partial charge in [-0.2, -0.15) is 0 Å². The quantitative estimate of drug-likeness (QED) is 0.580. The van der Waals surface area contributed by atoms with Crippen LogP contribution in [0.1, 0.15) is 38.2 Å². The van der Waals surface area contributed by atoms with Gasteiger partial charge in [0, 0.05) is 0 Å². The van der Waals surface area contributed by atoms with Gasteiger partial charge in [0.05, 0.1) is 19.3 Å². The van der Waals surface area contributed by atoms with Gasteiger partial charge < -0.3 is 15.2 Å². The fourth-order valence-electron chi connectivity index (χ4n) is 1.72. The highest BCUT2D eigenvalue weighted by atomic mass is 32.1. The van der Waals surface area contributed by atoms with E-state index in [1.54, 1.807) is 7.11 Å². The SMILES string of the molecule is CCCCCCOc1c(OC)cccc1C(N)=S. The van der Waals surface area contributed by atoms with E-state index >= 15 is 0 Å². The third-order valence-electron chi connectivity index (χ3n) is 2.71. The molecule has 100 valence electrons. The molecule has 0 radical (unpaired) electrons. The molecule has 0 heterocycles. The van der Waals surface area contributed by atoms with Crippen LogP contribution in [0.25, 0.3) is 0 Å². The van der Waals surface area contributed by atoms with Crippen molar-refractivity contribution in [1.82, 2.24) is 0 Å². The molecule has 0 aliphatic heterocycles. The molecule has 0 atom stereocenters. The summed E-state index contributed by atoms with van der Waals surface area (Å²) in [6.07, 6.45) is 4.65. The molecule has 0 aliphatic carbocycles. The summed E-state index contributed by atoms with van der Waals surface area (Å²) in [5, 5.41) is 0. The second kappa shape index (κ2) is 7.93. The minimum absolute atomic E-state index is 0.331. The van der Waals surface area contributed by atoms with E-state index in [2.05, 4.69) is 6.92 Å². The minimum atomic E-state index is 0.331. The maximum Gasteiger partial charge on any atom is 0.171 e. The number of para-hydroxylation sites is 1. The van der Waals surface area contributed by atoms with E-state index in [1.165, 1.54) is 19.3 Å². The maximum atomic E-state index is 5.77. The Morgan fingerprint density at radius 1 is 1.28 bits per heavy atom. The lowest BCUT2D eigenvalue weighted by Gasteiger charge is -2.14. The van der Waals surface area contributed by atoms with Crippen LogP contribution in [0.3, 0.4) is 0 Å². The van der Waals surface area contributed by atoms with E-state index in [1.807, 2.05) is 18.2 Å². The molecule has 1 aromatic rings. The molecule has 0 unspecified atom stereocenters. The van der Waals surface area contributed by atoms with Crippen molar-refractivity contribution in [2.75, 3.05) is 13.7 Å². The van der Waals surface area contributed by atoms with Crippen molar-refractivity contribution in [2.45, 2.75) is 32.6 Å². The molecule has 3 nitrogen and oxygen atoms in total. The Balaban J connectivity index is 2.69. The highest BCUT2D eigenvalue weighted by molar-refractivity contribution is 7.80. The van der Waals surface area contributed by atoms with Crippen molar-refractivity contribution in [1.29, 1.82) is 0 Å². The van der Waals surface area contributed by atoms with Crippen LogP contribution in [0.15, 0.2) is 18.2 Å². The molecule has 2 N–H and O–H groups in total. The Hall–Kier alpha value is -1.29. The Morgan fingerprint density at radius 3 is 2.67 bits per heavy atom. The number of unbranched alkanes of at least 4 members (excludes halogenated alkanes) is 3. The van der Waals surface area contributed by atoms with E-state index in [0.717, 1.165) is 12.0 Å². The smallest absolute Gasteiger partial charge is 0.171 e. The third-order valence-corrected chi connectivity index (χ3v) is 2.93. The Labute approximate surface area is 114 Å². The number of ether oxygens (including phenoxy) is 2. The molecule has 0 aromatic heterocycles. The average Bonchev–Trinajstić information content (AvgIpc) is 2.38. The highest BCUT2D eigenvalue weighted by Crippen LogP contribution is 2.31. The summed E-state index contributed by atoms with van der Waals surface area (Å²) in [6, 6.07) is 5.56. The fourth-order valence-corrected chi connectivity index (χ4v) is 1.88. The standard InChI is InChI=1S/C14H21NO2S/c1-3-4-5-6-10-17-13-11(14(15)18)8-7-9-12(13)16-2/h7-9H,3-6,10H2,1-2H3,(H2,15,18). The maximum absolute atomic E-state index is 5.77. The summed E-state index contributed by atoms with van der Waals surface area (Å²) in [5.41, 5.74) is 6.42. The van der Waals surface area contributed by atoms with Gasteiger partial charge >= 0.3 is 0 Å². The topological polar surface area (TPSA) is 44.5 Å². The van der Waals surface area contributed by atoms with Gasteiger partial charge in [-0.3, -0.25) is 0 Å². The molecule has 0 saturated heterocycles. The van der Waals surface area contributed by atoms with E-state index < -0.39 is 0 Å². The van der Waals surface area contributed by atoms with Gasteiger partial charge in [0.15, 0.2) is 11.5 Å². The van der Waals surface area contributed by atoms with Crippen LogP contribution in [0.4, 0.5) is 0 Å². The summed E-state index contributed by atoms with van der Waals surface area (Å²) in [4.78, 5) is 0.331. The molecule has 1 rings (SSSR count). The van der Waals surface area contributed by atoms with E-state index in [0.29, 0.717) is 23.1 Å². The highest BCUT2D eigenvalue weighted by Gasteiger charge is 2.12. The lowest BCUT2D eigenvalue weighted by Crippen LogP contribution is -2.12. The lowest BCUT2D eigenvalue weighted by atomic mass is 10.2. The van der Waals surface area contributed by atoms with Crippen molar-refractivity contribution >= 4 is 17.2 Å². The monoisotopic (exact) mass is 267 g/mol. The van der Waals surface area contributed by atoms with Crippen LogP contribution in [0.5, 0.6) is 11.5 Å². The van der Waals surface area contributed by atoms with E-state index in [4.69, 9.17) is 27.4 Å². The van der Waals surface area contributed by atoms with E-state index in [9.17, 15) is 0 Å². The first-order valence-electron chi connectivity index (χ1n) is 6.30. The first-order valence-corrected chi connectivity index (χ1v) is 6.71. The molecule has 0 saturated carbocycles. The van der Waals surface area contributed by atoms with Gasteiger partial charge in [-0.05, 0) is 18.6 Å². The minimum Gasteiger partial charge on any atom is -0.493 e. The summed E-state index contributed by atoms with van der Waals surface area (Å²) < 4.78 is 11.0. The van der Waals surface area contributed by atoms with Crippen LogP contribution in [-0.4, -0.2) is 18.7 Å². The zero-order valence-corrected chi connectivity index (χ0v) is 11.9. The van der Waals surface area contributed by atoms with E-state index in [-0.39, 0.29) is 0 Å². The normalized spacial score (nSPS) is 10.1. The van der Waals surface area contributed by atoms with Crippen molar-refractivity contribution in [3.05, 3.63) is 23.8 Å². The summed E-state index contributed by atoms with van der Waals surface area (Å²) >= 11 is 5.02. The summed E-state index contributed by atoms with van der Waals surface area (Å²) in [6.45, 7) is 2.85. The van der Waals surface area contributed by atoms with Gasteiger partial charge in [0.25, 0.3) is 0 Å². The van der Waals surface area contributed by atoms with Crippen LogP contribution in [0.2, 0.25) is 0 Å². The molecular weight excluding hydrogens is 246 g/mol. The molecule has 0 spiro atoms. The fraction of sp³-hybridized carbons (Fsp3) is 0.500. The van der Waals surface area contributed by atoms with Crippen molar-refractivity contribution in [3.63, 3.8) is 0 Å². The zero-order chi connectivity index (χ0) is 13.4. The Kier molecular flexibility index (Phi) is 6.50. The van der Waals surface area contributed by atoms with Crippen LogP contribution in [0, 0.1) is 0 Å². The molecule has 1 aromatic carbocycles. The van der Waals surface area contributed by atoms with Crippen molar-refractivity contribution in [3.8, 4) is 11.5 Å². The van der Waals surface area contributed by atoms with Crippen LogP contribution >= 0.6 is 12.2 Å². The molecular formula is C14H21NO2S. The van der Waals surface area contributed by atoms with Gasteiger partial charge in [-0.15, -0.1) is 0 Å². The van der Waals surface area contributed by atoms with Gasteiger partial charge in [-0.1, -0.05) is 44.5 Å². The summed E-state index contributed by atoms with van der Waals surface area (Å²) in [7, 11) is 1.61. The Morgan fingerprint density at radius 2 is 2.06 bits per heavy atom. The van der Waals surface area contributed by atoms with Crippen molar-refractivity contribution in [2.24, 2.45) is 5.73 Å². The summed E-state index contributed by atoms with van der Waals surface area (Å²) in [5.74, 6) is 1.33. The number of nitrogens with two attached hydrogens (primary N) is 1. The molecule has 18 heavy (non-hydrogen) atoms. The second-order valence-corrected chi connectivity index (χ2v) is 4.55. The van der Waals surface area contributed by atoms with Crippen LogP contribution < -0.4 is 15.2 Å². The van der Waals surface area contributed by atoms with Gasteiger partial charge in [0.2, 0.25) is 0 Å². The largest absolute Gasteiger partial charge is 0.493 e. The molecule has 0 fully saturated rings. The number of thiocarbonyl (C=S) groups is 1. The number of hydrogen-bond acceptors (Lipinski definition) is 3.